The summed E-state index contributed by atoms with van der Waals surface area (Å²) in [5, 5.41) is 0. The van der Waals surface area contributed by atoms with Crippen molar-refractivity contribution in [2.75, 3.05) is 7.11 Å². The van der Waals surface area contributed by atoms with E-state index < -0.39 is 0 Å². The molecule has 0 saturated heterocycles. The largest absolute Gasteiger partial charge is 0.381 e. The molecule has 0 unspecified atom stereocenters. The Morgan fingerprint density at radius 1 is 1.30 bits per heavy atom. The first-order chi connectivity index (χ1) is 4.74. The molecule has 60 valence electrons. The van der Waals surface area contributed by atoms with Crippen molar-refractivity contribution in [2.24, 2.45) is 11.8 Å². The van der Waals surface area contributed by atoms with E-state index in [1.807, 2.05) is 7.11 Å². The van der Waals surface area contributed by atoms with Gasteiger partial charge in [-0.15, -0.1) is 0 Å². The molecule has 0 spiro atoms. The molecule has 0 radical (unpaired) electrons. The Kier molecular flexibility index (Phi) is 2.72. The number of hydrogen-bond acceptors (Lipinski definition) is 1. The van der Waals surface area contributed by atoms with E-state index >= 15 is 0 Å². The molecule has 0 amide bonds. The highest BCUT2D eigenvalue weighted by molar-refractivity contribution is 4.77. The van der Waals surface area contributed by atoms with Gasteiger partial charge in [0, 0.05) is 7.11 Å². The monoisotopic (exact) mass is 142 g/mol. The summed E-state index contributed by atoms with van der Waals surface area (Å²) in [5.41, 5.74) is 0. The molecule has 1 aliphatic rings. The molecule has 0 heterocycles. The Balaban J connectivity index is 2.28. The Hall–Kier alpha value is -0.0400. The summed E-state index contributed by atoms with van der Waals surface area (Å²) in [6, 6.07) is 0. The van der Waals surface area contributed by atoms with Crippen LogP contribution in [-0.2, 0) is 4.74 Å². The second-order valence-electron chi connectivity index (χ2n) is 3.67. The van der Waals surface area contributed by atoms with E-state index in [2.05, 4.69) is 13.8 Å². The van der Waals surface area contributed by atoms with Crippen molar-refractivity contribution in [3.05, 3.63) is 0 Å². The van der Waals surface area contributed by atoms with Crippen LogP contribution in [0.1, 0.15) is 33.1 Å². The quantitative estimate of drug-likeness (QED) is 0.575. The third-order valence-electron chi connectivity index (χ3n) is 2.70. The van der Waals surface area contributed by atoms with Gasteiger partial charge < -0.3 is 4.74 Å². The van der Waals surface area contributed by atoms with Crippen molar-refractivity contribution < 1.29 is 4.74 Å². The summed E-state index contributed by atoms with van der Waals surface area (Å²) in [6.45, 7) is 4.62. The maximum Gasteiger partial charge on any atom is 0.0574 e. The lowest BCUT2D eigenvalue weighted by Gasteiger charge is -2.13. The zero-order valence-corrected chi connectivity index (χ0v) is 7.26. The van der Waals surface area contributed by atoms with Crippen molar-refractivity contribution in [3.63, 3.8) is 0 Å². The highest BCUT2D eigenvalue weighted by Crippen LogP contribution is 2.32. The molecule has 2 atom stereocenters. The zero-order valence-electron chi connectivity index (χ0n) is 7.26. The fourth-order valence-corrected chi connectivity index (χ4v) is 1.79. The standard InChI is InChI=1S/C9H18O/c1-7(2)8-4-5-9(6-8)10-3/h7-9H,4-6H2,1-3H3/t8-,9+/m1/s1. The van der Waals surface area contributed by atoms with E-state index in [-0.39, 0.29) is 0 Å². The van der Waals surface area contributed by atoms with Crippen molar-refractivity contribution in [2.45, 2.75) is 39.2 Å². The molecule has 1 saturated carbocycles. The van der Waals surface area contributed by atoms with Crippen molar-refractivity contribution in [3.8, 4) is 0 Å². The van der Waals surface area contributed by atoms with Crippen LogP contribution in [0.25, 0.3) is 0 Å². The van der Waals surface area contributed by atoms with E-state index in [1.165, 1.54) is 19.3 Å². The fraction of sp³-hybridized carbons (Fsp3) is 1.00. The van der Waals surface area contributed by atoms with Gasteiger partial charge in [-0.05, 0) is 31.1 Å². The molecule has 0 aromatic rings. The average Bonchev–Trinajstić information content (AvgIpc) is 2.34. The van der Waals surface area contributed by atoms with Gasteiger partial charge in [-0.2, -0.15) is 0 Å². The molecule has 1 fully saturated rings. The van der Waals surface area contributed by atoms with E-state index in [0.29, 0.717) is 6.10 Å². The molecule has 1 heteroatoms. The van der Waals surface area contributed by atoms with Crippen LogP contribution in [0.5, 0.6) is 0 Å². The van der Waals surface area contributed by atoms with E-state index in [4.69, 9.17) is 4.74 Å². The van der Waals surface area contributed by atoms with Crippen molar-refractivity contribution >= 4 is 0 Å². The lowest BCUT2D eigenvalue weighted by molar-refractivity contribution is 0.103. The highest BCUT2D eigenvalue weighted by atomic mass is 16.5. The molecule has 0 aliphatic heterocycles. The number of hydrogen-bond donors (Lipinski definition) is 0. The molecule has 1 aliphatic carbocycles. The SMILES string of the molecule is CO[C@H]1CC[C@@H](C(C)C)C1. The molecule has 1 nitrogen and oxygen atoms in total. The molecular formula is C9H18O. The third kappa shape index (κ3) is 1.72. The van der Waals surface area contributed by atoms with E-state index in [1.54, 1.807) is 0 Å². The Morgan fingerprint density at radius 2 is 2.00 bits per heavy atom. The molecule has 10 heavy (non-hydrogen) atoms. The van der Waals surface area contributed by atoms with Gasteiger partial charge in [-0.3, -0.25) is 0 Å². The smallest absolute Gasteiger partial charge is 0.0574 e. The summed E-state index contributed by atoms with van der Waals surface area (Å²) in [7, 11) is 1.83. The fourth-order valence-electron chi connectivity index (χ4n) is 1.79. The number of ether oxygens (including phenoxy) is 1. The van der Waals surface area contributed by atoms with Crippen LogP contribution < -0.4 is 0 Å². The summed E-state index contributed by atoms with van der Waals surface area (Å²) in [5.74, 6) is 1.77. The Bertz CT molecular complexity index is 98.9. The maximum absolute atomic E-state index is 5.29. The van der Waals surface area contributed by atoms with Gasteiger partial charge in [0.1, 0.15) is 0 Å². The van der Waals surface area contributed by atoms with Crippen LogP contribution in [0, 0.1) is 11.8 Å². The molecule has 0 bridgehead atoms. The molecule has 0 aromatic heterocycles. The maximum atomic E-state index is 5.29. The van der Waals surface area contributed by atoms with Crippen LogP contribution in [-0.4, -0.2) is 13.2 Å². The Labute approximate surface area is 63.8 Å². The van der Waals surface area contributed by atoms with Gasteiger partial charge in [0.05, 0.1) is 6.10 Å². The predicted molar refractivity (Wildman–Crippen MR) is 43.0 cm³/mol. The van der Waals surface area contributed by atoms with E-state index in [0.717, 1.165) is 11.8 Å². The average molecular weight is 142 g/mol. The number of rotatable bonds is 2. The summed E-state index contributed by atoms with van der Waals surface area (Å²) < 4.78 is 5.29. The second kappa shape index (κ2) is 3.38. The first-order valence-electron chi connectivity index (χ1n) is 4.26. The second-order valence-corrected chi connectivity index (χ2v) is 3.67. The van der Waals surface area contributed by atoms with Gasteiger partial charge in [0.15, 0.2) is 0 Å². The zero-order chi connectivity index (χ0) is 7.56. The van der Waals surface area contributed by atoms with E-state index in [9.17, 15) is 0 Å². The molecule has 0 aromatic carbocycles. The van der Waals surface area contributed by atoms with Crippen molar-refractivity contribution in [1.29, 1.82) is 0 Å². The van der Waals surface area contributed by atoms with Gasteiger partial charge >= 0.3 is 0 Å². The predicted octanol–water partition coefficient (Wildman–Crippen LogP) is 2.46. The van der Waals surface area contributed by atoms with Crippen LogP contribution >= 0.6 is 0 Å². The first-order valence-corrected chi connectivity index (χ1v) is 4.26. The van der Waals surface area contributed by atoms with Gasteiger partial charge in [0.2, 0.25) is 0 Å². The lowest BCUT2D eigenvalue weighted by Crippen LogP contribution is -2.08. The topological polar surface area (TPSA) is 9.23 Å². The van der Waals surface area contributed by atoms with Crippen LogP contribution in [0.2, 0.25) is 0 Å². The summed E-state index contributed by atoms with van der Waals surface area (Å²) in [6.07, 6.45) is 4.50. The van der Waals surface area contributed by atoms with Crippen LogP contribution in [0.4, 0.5) is 0 Å². The van der Waals surface area contributed by atoms with Gasteiger partial charge in [-0.25, -0.2) is 0 Å². The third-order valence-corrected chi connectivity index (χ3v) is 2.70. The molecule has 1 rings (SSSR count). The van der Waals surface area contributed by atoms with Gasteiger partial charge in [0.25, 0.3) is 0 Å². The minimum atomic E-state index is 0.562. The van der Waals surface area contributed by atoms with Crippen LogP contribution in [0.3, 0.4) is 0 Å². The van der Waals surface area contributed by atoms with Gasteiger partial charge in [-0.1, -0.05) is 13.8 Å². The summed E-state index contributed by atoms with van der Waals surface area (Å²) >= 11 is 0. The first kappa shape index (κ1) is 8.06. The molecule has 0 N–H and O–H groups in total. The number of methoxy groups -OCH3 is 1. The minimum Gasteiger partial charge on any atom is -0.381 e. The summed E-state index contributed by atoms with van der Waals surface area (Å²) in [4.78, 5) is 0. The van der Waals surface area contributed by atoms with Crippen molar-refractivity contribution in [1.82, 2.24) is 0 Å². The Morgan fingerprint density at radius 3 is 2.30 bits per heavy atom. The highest BCUT2D eigenvalue weighted by Gasteiger charge is 2.26. The normalized spacial score (nSPS) is 33.6. The lowest BCUT2D eigenvalue weighted by atomic mass is 9.95. The minimum absolute atomic E-state index is 0.562. The van der Waals surface area contributed by atoms with Crippen LogP contribution in [0.15, 0.2) is 0 Å². The molecular weight excluding hydrogens is 124 g/mol.